The Hall–Kier alpha value is -3.86. The van der Waals surface area contributed by atoms with E-state index in [2.05, 4.69) is 35.9 Å². The third kappa shape index (κ3) is 5.63. The number of nitrogens with zero attached hydrogens (tertiary/aromatic N) is 6. The number of H-pyrrole nitrogens is 1. The van der Waals surface area contributed by atoms with Gasteiger partial charge in [-0.15, -0.1) is 0 Å². The summed E-state index contributed by atoms with van der Waals surface area (Å²) in [6.45, 7) is 4.07. The number of piperazine rings is 1. The summed E-state index contributed by atoms with van der Waals surface area (Å²) in [4.78, 5) is 36.3. The number of nitrogens with one attached hydrogen (secondary N) is 1. The molecule has 4 aromatic rings. The van der Waals surface area contributed by atoms with Crippen molar-refractivity contribution in [1.82, 2.24) is 34.7 Å². The number of pyridine rings is 1. The van der Waals surface area contributed by atoms with Crippen LogP contribution >= 0.6 is 0 Å². The van der Waals surface area contributed by atoms with Gasteiger partial charge in [0.15, 0.2) is 0 Å². The maximum atomic E-state index is 13.0. The zero-order chi connectivity index (χ0) is 27.0. The quantitative estimate of drug-likeness (QED) is 0.392. The van der Waals surface area contributed by atoms with E-state index in [-0.39, 0.29) is 11.6 Å². The first kappa shape index (κ1) is 25.4. The van der Waals surface area contributed by atoms with Crippen molar-refractivity contribution in [3.8, 4) is 11.3 Å². The molecule has 1 N–H and O–H groups in total. The van der Waals surface area contributed by atoms with Crippen LogP contribution in [0.4, 0.5) is 13.2 Å². The summed E-state index contributed by atoms with van der Waals surface area (Å²) in [7, 11) is 0. The topological polar surface area (TPSA) is 90.9 Å². The van der Waals surface area contributed by atoms with Gasteiger partial charge in [-0.2, -0.15) is 13.2 Å². The summed E-state index contributed by atoms with van der Waals surface area (Å²) < 4.78 is 39.1. The first-order valence-electron chi connectivity index (χ1n) is 13.2. The van der Waals surface area contributed by atoms with Gasteiger partial charge < -0.3 is 9.88 Å². The summed E-state index contributed by atoms with van der Waals surface area (Å²) in [5.41, 5.74) is 4.18. The van der Waals surface area contributed by atoms with Crippen molar-refractivity contribution in [3.05, 3.63) is 71.7 Å². The Balaban J connectivity index is 1.11. The van der Waals surface area contributed by atoms with E-state index in [9.17, 15) is 18.0 Å². The van der Waals surface area contributed by atoms with Gasteiger partial charge in [0, 0.05) is 68.7 Å². The summed E-state index contributed by atoms with van der Waals surface area (Å²) in [6.07, 6.45) is 2.05. The first-order chi connectivity index (χ1) is 18.8. The molecule has 1 aromatic carbocycles. The molecule has 1 aliphatic heterocycles. The number of benzene rings is 1. The number of hydrogen-bond donors (Lipinski definition) is 1. The van der Waals surface area contributed by atoms with Gasteiger partial charge in [-0.3, -0.25) is 14.7 Å². The molecule has 6 rings (SSSR count). The number of aromatic nitrogens is 5. The van der Waals surface area contributed by atoms with Gasteiger partial charge in [-0.25, -0.2) is 15.0 Å². The maximum Gasteiger partial charge on any atom is 0.451 e. The summed E-state index contributed by atoms with van der Waals surface area (Å²) in [5.74, 6) is 0.126. The molecule has 0 spiro atoms. The van der Waals surface area contributed by atoms with Crippen molar-refractivity contribution < 1.29 is 18.0 Å². The predicted octanol–water partition coefficient (Wildman–Crippen LogP) is 4.47. The Morgan fingerprint density at radius 2 is 1.77 bits per heavy atom. The number of alkyl halides is 3. The summed E-state index contributed by atoms with van der Waals surface area (Å²) in [5, 5.41) is 0. The van der Waals surface area contributed by atoms with Gasteiger partial charge in [0.2, 0.25) is 11.7 Å². The number of carbonyl (C=O) groups excluding carboxylic acids is 1. The summed E-state index contributed by atoms with van der Waals surface area (Å²) >= 11 is 0. The zero-order valence-corrected chi connectivity index (χ0v) is 21.3. The molecule has 0 bridgehead atoms. The largest absolute Gasteiger partial charge is 0.451 e. The number of carbonyl (C=O) groups is 1. The molecule has 0 radical (unpaired) electrons. The van der Waals surface area contributed by atoms with Crippen LogP contribution in [-0.4, -0.2) is 66.8 Å². The number of aromatic amines is 1. The molecule has 39 heavy (non-hydrogen) atoms. The minimum Gasteiger partial charge on any atom is -0.342 e. The van der Waals surface area contributed by atoms with E-state index < -0.39 is 12.0 Å². The van der Waals surface area contributed by atoms with Crippen molar-refractivity contribution in [2.45, 2.75) is 38.4 Å². The molecular weight excluding hydrogens is 507 g/mol. The molecule has 0 unspecified atom stereocenters. The number of halogens is 3. The molecule has 0 atom stereocenters. The van der Waals surface area contributed by atoms with Gasteiger partial charge in [-0.05, 0) is 48.7 Å². The Morgan fingerprint density at radius 3 is 2.51 bits per heavy atom. The molecule has 3 aromatic heterocycles. The van der Waals surface area contributed by atoms with E-state index in [0.29, 0.717) is 34.7 Å². The van der Waals surface area contributed by atoms with Crippen LogP contribution < -0.4 is 0 Å². The van der Waals surface area contributed by atoms with Crippen LogP contribution in [-0.2, 0) is 23.9 Å². The number of hydrogen-bond acceptors (Lipinski definition) is 6. The molecule has 2 fully saturated rings. The fourth-order valence-corrected chi connectivity index (χ4v) is 5.15. The first-order valence-corrected chi connectivity index (χ1v) is 13.2. The SMILES string of the molecule is O=C(C1CCC1)N1CCN(Cc2ccnc(Cc3nc4ccc(-c5ccnc(C(F)(F)F)n5)cc4[nH]3)c2)CC1. The molecule has 202 valence electrons. The number of imidazole rings is 1. The van der Waals surface area contributed by atoms with Crippen LogP contribution in [0.15, 0.2) is 48.8 Å². The monoisotopic (exact) mass is 535 g/mol. The molecule has 1 aliphatic carbocycles. The molecule has 8 nitrogen and oxygen atoms in total. The normalized spacial score (nSPS) is 16.9. The minimum absolute atomic E-state index is 0.193. The van der Waals surface area contributed by atoms with Crippen LogP contribution in [0.5, 0.6) is 0 Å². The molecule has 1 saturated heterocycles. The third-order valence-electron chi connectivity index (χ3n) is 7.51. The van der Waals surface area contributed by atoms with Gasteiger partial charge in [-0.1, -0.05) is 12.5 Å². The van der Waals surface area contributed by atoms with Crippen molar-refractivity contribution >= 4 is 16.9 Å². The third-order valence-corrected chi connectivity index (χ3v) is 7.51. The average molecular weight is 536 g/mol. The highest BCUT2D eigenvalue weighted by atomic mass is 19.4. The number of amides is 1. The van der Waals surface area contributed by atoms with E-state index >= 15 is 0 Å². The predicted molar refractivity (Wildman–Crippen MR) is 138 cm³/mol. The molecule has 1 saturated carbocycles. The van der Waals surface area contributed by atoms with Crippen LogP contribution in [0.25, 0.3) is 22.3 Å². The second kappa shape index (κ2) is 10.4. The van der Waals surface area contributed by atoms with Gasteiger partial charge in [0.1, 0.15) is 5.82 Å². The molecular formula is C28H28F3N7O. The summed E-state index contributed by atoms with van der Waals surface area (Å²) in [6, 6.07) is 10.7. The zero-order valence-electron chi connectivity index (χ0n) is 21.3. The number of fused-ring (bicyclic) bond motifs is 1. The van der Waals surface area contributed by atoms with E-state index in [1.54, 1.807) is 24.4 Å². The van der Waals surface area contributed by atoms with Crippen LogP contribution in [0.1, 0.15) is 42.2 Å². The lowest BCUT2D eigenvalue weighted by molar-refractivity contribution is -0.145. The van der Waals surface area contributed by atoms with Crippen molar-refractivity contribution in [2.75, 3.05) is 26.2 Å². The minimum atomic E-state index is -4.61. The van der Waals surface area contributed by atoms with Crippen molar-refractivity contribution in [1.29, 1.82) is 0 Å². The molecule has 4 heterocycles. The highest BCUT2D eigenvalue weighted by molar-refractivity contribution is 5.81. The smallest absolute Gasteiger partial charge is 0.342 e. The van der Waals surface area contributed by atoms with Crippen LogP contribution in [0.3, 0.4) is 0 Å². The van der Waals surface area contributed by atoms with Gasteiger partial charge in [0.05, 0.1) is 16.7 Å². The fourth-order valence-electron chi connectivity index (χ4n) is 5.15. The molecule has 1 amide bonds. The second-order valence-corrected chi connectivity index (χ2v) is 10.2. The van der Waals surface area contributed by atoms with Crippen molar-refractivity contribution in [3.63, 3.8) is 0 Å². The van der Waals surface area contributed by atoms with Crippen molar-refractivity contribution in [2.24, 2.45) is 5.92 Å². The maximum absolute atomic E-state index is 13.0. The average Bonchev–Trinajstić information content (AvgIpc) is 3.29. The number of rotatable bonds is 6. The highest BCUT2D eigenvalue weighted by Gasteiger charge is 2.35. The van der Waals surface area contributed by atoms with Gasteiger partial charge in [0.25, 0.3) is 0 Å². The lowest BCUT2D eigenvalue weighted by Crippen LogP contribution is -2.50. The Bertz CT molecular complexity index is 1490. The Kier molecular flexibility index (Phi) is 6.76. The Morgan fingerprint density at radius 1 is 0.974 bits per heavy atom. The van der Waals surface area contributed by atoms with E-state index in [1.165, 1.54) is 12.5 Å². The fraction of sp³-hybridized carbons (Fsp3) is 0.393. The molecule has 11 heteroatoms. The van der Waals surface area contributed by atoms with Gasteiger partial charge >= 0.3 is 6.18 Å². The van der Waals surface area contributed by atoms with Crippen LogP contribution in [0.2, 0.25) is 0 Å². The van der Waals surface area contributed by atoms with E-state index in [0.717, 1.165) is 63.0 Å². The molecule has 2 aliphatic rings. The van der Waals surface area contributed by atoms with Crippen LogP contribution in [0, 0.1) is 5.92 Å². The van der Waals surface area contributed by atoms with E-state index in [1.807, 2.05) is 11.0 Å². The second-order valence-electron chi connectivity index (χ2n) is 10.2. The Labute approximate surface area is 223 Å². The van der Waals surface area contributed by atoms with E-state index in [4.69, 9.17) is 0 Å². The highest BCUT2D eigenvalue weighted by Crippen LogP contribution is 2.30. The lowest BCUT2D eigenvalue weighted by Gasteiger charge is -2.38. The lowest BCUT2D eigenvalue weighted by atomic mass is 9.84. The standard InChI is InChI=1S/C28H28F3N7O/c29-28(30,31)27-33-9-7-22(36-27)20-4-5-23-24(15-20)35-25(34-23)16-21-14-18(6-8-32-21)17-37-10-12-38(13-11-37)26(39)19-2-1-3-19/h4-9,14-15,19H,1-3,10-13,16-17H2,(H,34,35).